The first kappa shape index (κ1) is 19.1. The second-order valence-electron chi connectivity index (χ2n) is 7.02. The fourth-order valence-electron chi connectivity index (χ4n) is 3.44. The van der Waals surface area contributed by atoms with Crippen LogP contribution in [0.2, 0.25) is 0 Å². The fourth-order valence-corrected chi connectivity index (χ4v) is 3.44. The quantitative estimate of drug-likeness (QED) is 0.823. The first-order valence-electron chi connectivity index (χ1n) is 8.58. The number of carbonyl (C=O) groups is 1. The Hall–Kier alpha value is -2.20. The molecule has 0 saturated carbocycles. The molecular formula is C21H26FNO2. The molecule has 0 radical (unpaired) electrons. The van der Waals surface area contributed by atoms with Crippen molar-refractivity contribution in [1.29, 1.82) is 0 Å². The lowest BCUT2D eigenvalue weighted by Gasteiger charge is -2.34. The van der Waals surface area contributed by atoms with Crippen LogP contribution in [0, 0.1) is 5.82 Å². The van der Waals surface area contributed by atoms with Gasteiger partial charge in [0.05, 0.1) is 5.60 Å². The monoisotopic (exact) mass is 343 g/mol. The molecule has 0 spiro atoms. The maximum absolute atomic E-state index is 14.1. The van der Waals surface area contributed by atoms with Crippen LogP contribution in [0.15, 0.2) is 42.5 Å². The van der Waals surface area contributed by atoms with E-state index in [-0.39, 0.29) is 5.56 Å². The first-order chi connectivity index (χ1) is 11.6. The molecule has 0 saturated heterocycles. The van der Waals surface area contributed by atoms with Gasteiger partial charge >= 0.3 is 0 Å². The van der Waals surface area contributed by atoms with Crippen LogP contribution in [-0.2, 0) is 11.0 Å². The maximum Gasteiger partial charge on any atom is 0.248 e. The van der Waals surface area contributed by atoms with Crippen molar-refractivity contribution < 1.29 is 14.3 Å². The molecule has 1 amide bonds. The normalized spacial score (nSPS) is 12.2. The zero-order valence-corrected chi connectivity index (χ0v) is 15.3. The third-order valence-corrected chi connectivity index (χ3v) is 5.09. The summed E-state index contributed by atoms with van der Waals surface area (Å²) in [4.78, 5) is 11.5. The second-order valence-corrected chi connectivity index (χ2v) is 7.02. The van der Waals surface area contributed by atoms with E-state index in [0.29, 0.717) is 0 Å². The maximum atomic E-state index is 14.1. The minimum atomic E-state index is -0.919. The van der Waals surface area contributed by atoms with E-state index >= 15 is 0 Å². The summed E-state index contributed by atoms with van der Waals surface area (Å²) in [6.07, 6.45) is 1.49. The largest absolute Gasteiger partial charge is 0.386 e. The van der Waals surface area contributed by atoms with Crippen LogP contribution in [-0.4, -0.2) is 11.0 Å². The molecule has 0 atom stereocenters. The summed E-state index contributed by atoms with van der Waals surface area (Å²) in [6, 6.07) is 12.0. The molecule has 0 fully saturated rings. The predicted molar refractivity (Wildman–Crippen MR) is 98.0 cm³/mol. The molecule has 25 heavy (non-hydrogen) atoms. The van der Waals surface area contributed by atoms with Crippen molar-refractivity contribution in [2.45, 2.75) is 51.6 Å². The molecule has 2 aromatic carbocycles. The fraction of sp³-hybridized carbons (Fsp3) is 0.381. The van der Waals surface area contributed by atoms with E-state index in [9.17, 15) is 14.3 Å². The summed E-state index contributed by atoms with van der Waals surface area (Å²) >= 11 is 0. The van der Waals surface area contributed by atoms with Gasteiger partial charge in [-0.2, -0.15) is 0 Å². The molecule has 4 heteroatoms. The van der Waals surface area contributed by atoms with Gasteiger partial charge < -0.3 is 10.8 Å². The van der Waals surface area contributed by atoms with E-state index in [2.05, 4.69) is 0 Å². The van der Waals surface area contributed by atoms with E-state index in [4.69, 9.17) is 5.73 Å². The van der Waals surface area contributed by atoms with Gasteiger partial charge in [-0.05, 0) is 61.6 Å². The number of rotatable bonds is 6. The van der Waals surface area contributed by atoms with Crippen LogP contribution in [0.4, 0.5) is 4.39 Å². The topological polar surface area (TPSA) is 63.3 Å². The summed E-state index contributed by atoms with van der Waals surface area (Å²) in [6.45, 7) is 7.56. The minimum absolute atomic E-state index is 0.175. The molecule has 0 bridgehead atoms. The van der Waals surface area contributed by atoms with Crippen molar-refractivity contribution >= 4 is 5.91 Å². The van der Waals surface area contributed by atoms with Crippen LogP contribution >= 0.6 is 0 Å². The molecule has 2 aromatic rings. The zero-order valence-electron chi connectivity index (χ0n) is 15.3. The van der Waals surface area contributed by atoms with Gasteiger partial charge in [0.1, 0.15) is 5.82 Å². The Morgan fingerprint density at radius 3 is 1.96 bits per heavy atom. The lowest BCUT2D eigenvalue weighted by Crippen LogP contribution is -2.27. The third kappa shape index (κ3) is 3.74. The van der Waals surface area contributed by atoms with Gasteiger partial charge in [0, 0.05) is 11.0 Å². The van der Waals surface area contributed by atoms with E-state index in [0.717, 1.165) is 29.5 Å². The number of carbonyl (C=O) groups excluding carboxylic acids is 1. The van der Waals surface area contributed by atoms with E-state index in [1.807, 2.05) is 38.1 Å². The summed E-state index contributed by atoms with van der Waals surface area (Å²) in [7, 11) is 0. The van der Waals surface area contributed by atoms with Crippen molar-refractivity contribution in [2.75, 3.05) is 0 Å². The van der Waals surface area contributed by atoms with Crippen LogP contribution < -0.4 is 5.73 Å². The molecule has 0 unspecified atom stereocenters. The summed E-state index contributed by atoms with van der Waals surface area (Å²) in [5.74, 6) is -1.11. The van der Waals surface area contributed by atoms with Crippen molar-refractivity contribution in [1.82, 2.24) is 0 Å². The standard InChI is InChI=1S/C21H26FNO2/c1-5-21(6-2,16-9-7-15(8-10-16)20(3,4)25)17-11-14(19(23)24)12-18(22)13-17/h7-13,25H,5-6H2,1-4H3,(H2,23,24). The number of hydrogen-bond acceptors (Lipinski definition) is 2. The van der Waals surface area contributed by atoms with Gasteiger partial charge in [-0.25, -0.2) is 4.39 Å². The zero-order chi connectivity index (χ0) is 18.8. The van der Waals surface area contributed by atoms with Crippen LogP contribution in [0.3, 0.4) is 0 Å². The summed E-state index contributed by atoms with van der Waals surface area (Å²) in [5, 5.41) is 10.1. The smallest absolute Gasteiger partial charge is 0.248 e. The lowest BCUT2D eigenvalue weighted by molar-refractivity contribution is 0.0785. The number of nitrogens with two attached hydrogens (primary N) is 1. The number of aliphatic hydroxyl groups is 1. The number of primary amides is 1. The number of hydrogen-bond donors (Lipinski definition) is 2. The molecule has 134 valence electrons. The third-order valence-electron chi connectivity index (χ3n) is 5.09. The lowest BCUT2D eigenvalue weighted by atomic mass is 9.70. The van der Waals surface area contributed by atoms with Gasteiger partial charge in [0.2, 0.25) is 5.91 Å². The highest BCUT2D eigenvalue weighted by Gasteiger charge is 2.32. The average Bonchev–Trinajstić information content (AvgIpc) is 2.55. The Bertz CT molecular complexity index is 756. The minimum Gasteiger partial charge on any atom is -0.386 e. The first-order valence-corrected chi connectivity index (χ1v) is 8.58. The van der Waals surface area contributed by atoms with Gasteiger partial charge in [-0.3, -0.25) is 4.79 Å². The highest BCUT2D eigenvalue weighted by molar-refractivity contribution is 5.93. The summed E-state index contributed by atoms with van der Waals surface area (Å²) < 4.78 is 14.1. The van der Waals surface area contributed by atoms with E-state index in [1.54, 1.807) is 19.9 Å². The number of benzene rings is 2. The van der Waals surface area contributed by atoms with Crippen LogP contribution in [0.1, 0.15) is 67.6 Å². The average molecular weight is 343 g/mol. The highest BCUT2D eigenvalue weighted by Crippen LogP contribution is 2.40. The summed E-state index contributed by atoms with van der Waals surface area (Å²) in [5.41, 5.74) is 6.75. The van der Waals surface area contributed by atoms with Crippen LogP contribution in [0.25, 0.3) is 0 Å². The number of halogens is 1. The Morgan fingerprint density at radius 2 is 1.52 bits per heavy atom. The van der Waals surface area contributed by atoms with Crippen molar-refractivity contribution in [3.63, 3.8) is 0 Å². The Morgan fingerprint density at radius 1 is 1.00 bits per heavy atom. The Labute approximate surface area is 148 Å². The molecular weight excluding hydrogens is 317 g/mol. The SMILES string of the molecule is CCC(CC)(c1ccc(C(C)(C)O)cc1)c1cc(F)cc(C(N)=O)c1. The van der Waals surface area contributed by atoms with Crippen molar-refractivity contribution in [3.8, 4) is 0 Å². The molecule has 0 aliphatic rings. The van der Waals surface area contributed by atoms with Crippen molar-refractivity contribution in [3.05, 3.63) is 70.5 Å². The Balaban J connectivity index is 2.61. The van der Waals surface area contributed by atoms with Gasteiger partial charge in [-0.15, -0.1) is 0 Å². The highest BCUT2D eigenvalue weighted by atomic mass is 19.1. The molecule has 2 rings (SSSR count). The molecule has 0 aliphatic heterocycles. The van der Waals surface area contributed by atoms with Gasteiger partial charge in [0.15, 0.2) is 0 Å². The Kier molecular flexibility index (Phi) is 5.33. The molecule has 0 heterocycles. The van der Waals surface area contributed by atoms with Gasteiger partial charge in [-0.1, -0.05) is 38.1 Å². The van der Waals surface area contributed by atoms with Gasteiger partial charge in [0.25, 0.3) is 0 Å². The van der Waals surface area contributed by atoms with E-state index < -0.39 is 22.7 Å². The van der Waals surface area contributed by atoms with Crippen molar-refractivity contribution in [2.24, 2.45) is 5.73 Å². The molecule has 0 aromatic heterocycles. The predicted octanol–water partition coefficient (Wildman–Crippen LogP) is 4.26. The molecule has 0 aliphatic carbocycles. The molecule has 3 N–H and O–H groups in total. The number of amides is 1. The second kappa shape index (κ2) is 6.96. The molecule has 3 nitrogen and oxygen atoms in total. The van der Waals surface area contributed by atoms with E-state index in [1.165, 1.54) is 12.1 Å². The van der Waals surface area contributed by atoms with Crippen LogP contribution in [0.5, 0.6) is 0 Å².